The predicted molar refractivity (Wildman–Crippen MR) is 71.6 cm³/mol. The van der Waals surface area contributed by atoms with Crippen molar-refractivity contribution in [3.63, 3.8) is 0 Å². The molecule has 2 N–H and O–H groups in total. The van der Waals surface area contributed by atoms with Gasteiger partial charge in [-0.2, -0.15) is 0 Å². The van der Waals surface area contributed by atoms with Crippen LogP contribution >= 0.6 is 11.3 Å². The fourth-order valence-corrected chi connectivity index (χ4v) is 2.36. The number of carboxylic acid groups (broad SMARTS) is 1. The standard InChI is InChI=1S/C12H10N4O2S/c17-12(18)10-11(14-6-8-5-13-7-19-8)15-9-3-1-2-4-16(9)10/h1-5,7,14H,6H2,(H,17,18). The number of carboxylic acids is 1. The van der Waals surface area contributed by atoms with Crippen LogP contribution in [0.15, 0.2) is 36.1 Å². The quantitative estimate of drug-likeness (QED) is 0.761. The molecule has 7 heteroatoms. The van der Waals surface area contributed by atoms with Crippen LogP contribution in [0, 0.1) is 0 Å². The van der Waals surface area contributed by atoms with Crippen LogP contribution in [0.1, 0.15) is 15.4 Å². The summed E-state index contributed by atoms with van der Waals surface area (Å²) in [5, 5.41) is 12.3. The molecule has 6 nitrogen and oxygen atoms in total. The van der Waals surface area contributed by atoms with Crippen molar-refractivity contribution in [2.45, 2.75) is 6.54 Å². The first-order valence-corrected chi connectivity index (χ1v) is 6.45. The molecule has 0 saturated carbocycles. The zero-order valence-electron chi connectivity index (χ0n) is 9.78. The smallest absolute Gasteiger partial charge is 0.356 e. The Kier molecular flexibility index (Phi) is 2.88. The van der Waals surface area contributed by atoms with Gasteiger partial charge in [-0.3, -0.25) is 9.38 Å². The summed E-state index contributed by atoms with van der Waals surface area (Å²) in [6.07, 6.45) is 3.43. The Bertz CT molecular complexity index is 720. The third kappa shape index (κ3) is 2.15. The van der Waals surface area contributed by atoms with E-state index in [-0.39, 0.29) is 5.69 Å². The summed E-state index contributed by atoms with van der Waals surface area (Å²) >= 11 is 1.51. The molecule has 3 rings (SSSR count). The van der Waals surface area contributed by atoms with Gasteiger partial charge in [-0.05, 0) is 12.1 Å². The number of pyridine rings is 1. The first kappa shape index (κ1) is 11.7. The van der Waals surface area contributed by atoms with Gasteiger partial charge in [0.05, 0.1) is 12.1 Å². The minimum atomic E-state index is -1.01. The van der Waals surface area contributed by atoms with Gasteiger partial charge in [-0.15, -0.1) is 11.3 Å². The largest absolute Gasteiger partial charge is 0.476 e. The number of rotatable bonds is 4. The number of imidazole rings is 1. The van der Waals surface area contributed by atoms with Crippen LogP contribution in [0.25, 0.3) is 5.65 Å². The highest BCUT2D eigenvalue weighted by atomic mass is 32.1. The summed E-state index contributed by atoms with van der Waals surface area (Å²) in [6.45, 7) is 0.509. The van der Waals surface area contributed by atoms with E-state index < -0.39 is 5.97 Å². The molecule has 0 aliphatic rings. The molecule has 3 aromatic rings. The molecule has 19 heavy (non-hydrogen) atoms. The summed E-state index contributed by atoms with van der Waals surface area (Å²) in [4.78, 5) is 20.6. The Morgan fingerprint density at radius 2 is 2.37 bits per heavy atom. The number of carbonyl (C=O) groups is 1. The van der Waals surface area contributed by atoms with Crippen LogP contribution in [0.3, 0.4) is 0 Å². The SMILES string of the molecule is O=C(O)c1c(NCc2cncs2)nc2ccccn12. The second-order valence-electron chi connectivity index (χ2n) is 3.86. The van der Waals surface area contributed by atoms with Crippen molar-refractivity contribution in [3.8, 4) is 0 Å². The minimum absolute atomic E-state index is 0.139. The number of fused-ring (bicyclic) bond motifs is 1. The van der Waals surface area contributed by atoms with Crippen LogP contribution in [-0.4, -0.2) is 25.4 Å². The van der Waals surface area contributed by atoms with E-state index in [1.165, 1.54) is 11.3 Å². The molecule has 3 heterocycles. The number of hydrogen-bond acceptors (Lipinski definition) is 5. The lowest BCUT2D eigenvalue weighted by Crippen LogP contribution is -2.07. The van der Waals surface area contributed by atoms with E-state index in [4.69, 9.17) is 0 Å². The van der Waals surface area contributed by atoms with Crippen LogP contribution in [0.2, 0.25) is 0 Å². The Morgan fingerprint density at radius 3 is 3.11 bits per heavy atom. The molecule has 0 aliphatic carbocycles. The molecule has 3 aromatic heterocycles. The second-order valence-corrected chi connectivity index (χ2v) is 4.84. The minimum Gasteiger partial charge on any atom is -0.476 e. The molecular weight excluding hydrogens is 264 g/mol. The predicted octanol–water partition coefficient (Wildman–Crippen LogP) is 2.10. The first-order chi connectivity index (χ1) is 9.25. The van der Waals surface area contributed by atoms with Crippen molar-refractivity contribution in [1.82, 2.24) is 14.4 Å². The first-order valence-electron chi connectivity index (χ1n) is 5.57. The van der Waals surface area contributed by atoms with Crippen molar-refractivity contribution in [1.29, 1.82) is 0 Å². The third-order valence-electron chi connectivity index (χ3n) is 2.65. The van der Waals surface area contributed by atoms with Crippen LogP contribution in [0.4, 0.5) is 5.82 Å². The zero-order chi connectivity index (χ0) is 13.2. The van der Waals surface area contributed by atoms with Crippen molar-refractivity contribution >= 4 is 28.8 Å². The fraction of sp³-hybridized carbons (Fsp3) is 0.0833. The molecule has 0 aromatic carbocycles. The maximum atomic E-state index is 11.3. The maximum Gasteiger partial charge on any atom is 0.356 e. The number of nitrogens with zero attached hydrogens (tertiary/aromatic N) is 3. The number of hydrogen-bond donors (Lipinski definition) is 2. The summed E-state index contributed by atoms with van der Waals surface area (Å²) in [7, 11) is 0. The Hall–Kier alpha value is -2.41. The van der Waals surface area contributed by atoms with Gasteiger partial charge in [0.2, 0.25) is 0 Å². The molecule has 0 radical (unpaired) electrons. The molecule has 0 fully saturated rings. The summed E-state index contributed by atoms with van der Waals surface area (Å²) in [5.41, 5.74) is 2.48. The van der Waals surface area contributed by atoms with E-state index in [9.17, 15) is 9.90 Å². The van der Waals surface area contributed by atoms with Gasteiger partial charge < -0.3 is 10.4 Å². The van der Waals surface area contributed by atoms with E-state index >= 15 is 0 Å². The van der Waals surface area contributed by atoms with Crippen LogP contribution in [0.5, 0.6) is 0 Å². The number of aromatic carboxylic acids is 1. The van der Waals surface area contributed by atoms with Crippen molar-refractivity contribution < 1.29 is 9.90 Å². The second kappa shape index (κ2) is 4.69. The highest BCUT2D eigenvalue weighted by molar-refractivity contribution is 7.09. The molecule has 0 saturated heterocycles. The molecule has 0 aliphatic heterocycles. The average molecular weight is 274 g/mol. The lowest BCUT2D eigenvalue weighted by Gasteiger charge is -2.02. The van der Waals surface area contributed by atoms with E-state index in [0.29, 0.717) is 18.0 Å². The lowest BCUT2D eigenvalue weighted by atomic mass is 10.4. The van der Waals surface area contributed by atoms with E-state index in [1.54, 1.807) is 34.4 Å². The number of anilines is 1. The maximum absolute atomic E-state index is 11.3. The van der Waals surface area contributed by atoms with Crippen molar-refractivity contribution in [2.75, 3.05) is 5.32 Å². The van der Waals surface area contributed by atoms with Crippen LogP contribution < -0.4 is 5.32 Å². The van der Waals surface area contributed by atoms with Gasteiger partial charge in [0.15, 0.2) is 11.5 Å². The molecule has 0 amide bonds. The third-order valence-corrected chi connectivity index (χ3v) is 3.43. The summed E-state index contributed by atoms with van der Waals surface area (Å²) < 4.78 is 1.55. The van der Waals surface area contributed by atoms with Gasteiger partial charge in [0.25, 0.3) is 0 Å². The Morgan fingerprint density at radius 1 is 1.47 bits per heavy atom. The van der Waals surface area contributed by atoms with Gasteiger partial charge in [-0.25, -0.2) is 9.78 Å². The molecule has 96 valence electrons. The summed E-state index contributed by atoms with van der Waals surface area (Å²) in [5.74, 6) is -0.641. The Balaban J connectivity index is 1.98. The van der Waals surface area contributed by atoms with Gasteiger partial charge in [0.1, 0.15) is 5.65 Å². The van der Waals surface area contributed by atoms with Crippen molar-refractivity contribution in [2.24, 2.45) is 0 Å². The molecule has 0 atom stereocenters. The zero-order valence-corrected chi connectivity index (χ0v) is 10.6. The van der Waals surface area contributed by atoms with Crippen LogP contribution in [-0.2, 0) is 6.54 Å². The Labute approximate surface area is 112 Å². The molecule has 0 bridgehead atoms. The summed E-state index contributed by atoms with van der Waals surface area (Å²) in [6, 6.07) is 5.36. The number of nitrogens with one attached hydrogen (secondary N) is 1. The molecular formula is C12H10N4O2S. The lowest BCUT2D eigenvalue weighted by molar-refractivity contribution is 0.0690. The fourth-order valence-electron chi connectivity index (χ4n) is 1.82. The van der Waals surface area contributed by atoms with E-state index in [2.05, 4.69) is 15.3 Å². The monoisotopic (exact) mass is 274 g/mol. The molecule has 0 spiro atoms. The van der Waals surface area contributed by atoms with Gasteiger partial charge in [0, 0.05) is 17.3 Å². The normalized spacial score (nSPS) is 10.7. The highest BCUT2D eigenvalue weighted by Gasteiger charge is 2.17. The van der Waals surface area contributed by atoms with Gasteiger partial charge >= 0.3 is 5.97 Å². The topological polar surface area (TPSA) is 79.5 Å². The number of aromatic nitrogens is 3. The van der Waals surface area contributed by atoms with E-state index in [1.807, 2.05) is 6.07 Å². The molecule has 0 unspecified atom stereocenters. The van der Waals surface area contributed by atoms with Gasteiger partial charge in [-0.1, -0.05) is 6.07 Å². The number of thiazole rings is 1. The average Bonchev–Trinajstić information content (AvgIpc) is 3.03. The van der Waals surface area contributed by atoms with E-state index in [0.717, 1.165) is 4.88 Å². The van der Waals surface area contributed by atoms with Crippen molar-refractivity contribution in [3.05, 3.63) is 46.7 Å². The highest BCUT2D eigenvalue weighted by Crippen LogP contribution is 2.19.